The molecule has 3 N–H and O–H groups in total. The zero-order valence-electron chi connectivity index (χ0n) is 16.0. The molecule has 8 nitrogen and oxygen atoms in total. The number of hydrogen-bond donors (Lipinski definition) is 2. The maximum Gasteiger partial charge on any atom is 0.130 e. The van der Waals surface area contributed by atoms with E-state index in [9.17, 15) is 0 Å². The van der Waals surface area contributed by atoms with Crippen molar-refractivity contribution in [2.75, 3.05) is 31.7 Å². The summed E-state index contributed by atoms with van der Waals surface area (Å²) in [5.74, 6) is 0.874. The van der Waals surface area contributed by atoms with Crippen LogP contribution in [0.15, 0.2) is 47.9 Å². The summed E-state index contributed by atoms with van der Waals surface area (Å²) < 4.78 is 5.59. The predicted octanol–water partition coefficient (Wildman–Crippen LogP) is 2.14. The molecule has 0 radical (unpaired) electrons. The molecule has 8 heteroatoms. The lowest BCUT2D eigenvalue weighted by atomic mass is 10.0. The van der Waals surface area contributed by atoms with Crippen molar-refractivity contribution < 1.29 is 4.74 Å². The zero-order chi connectivity index (χ0) is 19.5. The van der Waals surface area contributed by atoms with Crippen LogP contribution < -0.4 is 10.6 Å². The number of hydrogen-bond acceptors (Lipinski definition) is 7. The number of aromatic nitrogens is 4. The Balaban J connectivity index is 1.99. The van der Waals surface area contributed by atoms with E-state index < -0.39 is 0 Å². The number of nitrogens with zero attached hydrogens (tertiary/aromatic N) is 5. The highest BCUT2D eigenvalue weighted by molar-refractivity contribution is 6.17. The number of aliphatic imine (C=N–C) groups is 1. The summed E-state index contributed by atoms with van der Waals surface area (Å²) in [5.41, 5.74) is 9.79. The molecule has 0 aromatic carbocycles. The molecule has 0 spiro atoms. The fraction of sp³-hybridized carbons (Fsp3) is 0.300. The van der Waals surface area contributed by atoms with E-state index in [0.717, 1.165) is 45.9 Å². The number of anilines is 1. The standard InChI is InChI=1S/C20H23N7O/c1-13-12-28-10-9-27(13)18-11-15(16(22-2)3-6-21)14-4-7-23-20(19(14)25-18)17-5-8-24-26-17/h3-8,11,13H,9-10,12,21H2,1-2H3,(H,24,26). The summed E-state index contributed by atoms with van der Waals surface area (Å²) >= 11 is 0. The van der Waals surface area contributed by atoms with E-state index in [4.69, 9.17) is 15.5 Å². The molecule has 1 unspecified atom stereocenters. The zero-order valence-corrected chi connectivity index (χ0v) is 16.0. The van der Waals surface area contributed by atoms with E-state index in [-0.39, 0.29) is 6.04 Å². The smallest absolute Gasteiger partial charge is 0.130 e. The minimum absolute atomic E-state index is 0.228. The fourth-order valence-corrected chi connectivity index (χ4v) is 3.53. The summed E-state index contributed by atoms with van der Waals surface area (Å²) in [6, 6.07) is 6.15. The van der Waals surface area contributed by atoms with Gasteiger partial charge in [-0.15, -0.1) is 0 Å². The van der Waals surface area contributed by atoms with E-state index in [1.807, 2.05) is 12.1 Å². The molecule has 0 bridgehead atoms. The number of nitrogens with two attached hydrogens (primary N) is 1. The molecule has 0 saturated carbocycles. The van der Waals surface area contributed by atoms with Crippen LogP contribution in [0, 0.1) is 0 Å². The second kappa shape index (κ2) is 7.77. The molecule has 0 aliphatic carbocycles. The molecule has 1 fully saturated rings. The summed E-state index contributed by atoms with van der Waals surface area (Å²) in [7, 11) is 1.76. The van der Waals surface area contributed by atoms with E-state index in [1.54, 1.807) is 25.5 Å². The van der Waals surface area contributed by atoms with Crippen molar-refractivity contribution in [3.05, 3.63) is 48.4 Å². The first-order chi connectivity index (χ1) is 13.7. The van der Waals surface area contributed by atoms with E-state index in [2.05, 4.69) is 38.1 Å². The van der Waals surface area contributed by atoms with Crippen LogP contribution in [0.4, 0.5) is 5.82 Å². The van der Waals surface area contributed by atoms with Gasteiger partial charge in [0.15, 0.2) is 0 Å². The number of aromatic amines is 1. The van der Waals surface area contributed by atoms with Crippen LogP contribution in [0.25, 0.3) is 22.3 Å². The number of ether oxygens (including phenoxy) is 1. The summed E-state index contributed by atoms with van der Waals surface area (Å²) in [6.07, 6.45) is 6.79. The largest absolute Gasteiger partial charge is 0.405 e. The van der Waals surface area contributed by atoms with Crippen molar-refractivity contribution in [1.29, 1.82) is 0 Å². The molecule has 1 saturated heterocycles. The van der Waals surface area contributed by atoms with Crippen LogP contribution in [0.3, 0.4) is 0 Å². The van der Waals surface area contributed by atoms with Gasteiger partial charge in [0, 0.05) is 36.9 Å². The number of allylic oxidation sites excluding steroid dienone is 1. The Kier molecular flexibility index (Phi) is 5.03. The molecule has 1 aliphatic rings. The molecule has 28 heavy (non-hydrogen) atoms. The van der Waals surface area contributed by atoms with Gasteiger partial charge >= 0.3 is 0 Å². The number of rotatable bonds is 4. The average Bonchev–Trinajstić information content (AvgIpc) is 3.26. The van der Waals surface area contributed by atoms with E-state index in [1.165, 1.54) is 6.20 Å². The highest BCUT2D eigenvalue weighted by Crippen LogP contribution is 2.30. The van der Waals surface area contributed by atoms with Crippen molar-refractivity contribution in [2.45, 2.75) is 13.0 Å². The highest BCUT2D eigenvalue weighted by atomic mass is 16.5. The molecular formula is C20H23N7O. The normalized spacial score (nSPS) is 18.3. The van der Waals surface area contributed by atoms with Gasteiger partial charge in [-0.25, -0.2) is 4.98 Å². The lowest BCUT2D eigenvalue weighted by Gasteiger charge is -2.34. The number of fused-ring (bicyclic) bond motifs is 1. The third-order valence-electron chi connectivity index (χ3n) is 4.90. The molecule has 1 atom stereocenters. The predicted molar refractivity (Wildman–Crippen MR) is 111 cm³/mol. The van der Waals surface area contributed by atoms with Gasteiger partial charge in [0.2, 0.25) is 0 Å². The van der Waals surface area contributed by atoms with Gasteiger partial charge < -0.3 is 15.4 Å². The van der Waals surface area contributed by atoms with Crippen LogP contribution in [-0.2, 0) is 4.74 Å². The van der Waals surface area contributed by atoms with Gasteiger partial charge in [-0.1, -0.05) is 0 Å². The van der Waals surface area contributed by atoms with Crippen molar-refractivity contribution in [2.24, 2.45) is 10.7 Å². The summed E-state index contributed by atoms with van der Waals surface area (Å²) in [4.78, 5) is 16.3. The van der Waals surface area contributed by atoms with Gasteiger partial charge in [-0.3, -0.25) is 15.1 Å². The molecule has 4 heterocycles. The quantitative estimate of drug-likeness (QED) is 0.675. The second-order valence-electron chi connectivity index (χ2n) is 6.64. The molecule has 3 aromatic heterocycles. The van der Waals surface area contributed by atoms with Gasteiger partial charge in [-0.2, -0.15) is 5.10 Å². The first-order valence-corrected chi connectivity index (χ1v) is 9.22. The van der Waals surface area contributed by atoms with Gasteiger partial charge in [0.1, 0.15) is 17.0 Å². The Hall–Kier alpha value is -3.26. The molecule has 1 aliphatic heterocycles. The number of H-pyrrole nitrogens is 1. The lowest BCUT2D eigenvalue weighted by Crippen LogP contribution is -2.44. The monoisotopic (exact) mass is 377 g/mol. The van der Waals surface area contributed by atoms with Gasteiger partial charge in [0.25, 0.3) is 0 Å². The molecule has 0 amide bonds. The second-order valence-corrected chi connectivity index (χ2v) is 6.64. The Morgan fingerprint density at radius 3 is 3.00 bits per heavy atom. The Labute approximate surface area is 163 Å². The molecule has 3 aromatic rings. The van der Waals surface area contributed by atoms with Crippen molar-refractivity contribution >= 4 is 22.4 Å². The van der Waals surface area contributed by atoms with Crippen molar-refractivity contribution in [3.8, 4) is 11.4 Å². The first kappa shape index (κ1) is 18.1. The summed E-state index contributed by atoms with van der Waals surface area (Å²) in [6.45, 7) is 4.27. The minimum atomic E-state index is 0.228. The Morgan fingerprint density at radius 2 is 2.29 bits per heavy atom. The molecule has 4 rings (SSSR count). The molecular weight excluding hydrogens is 354 g/mol. The van der Waals surface area contributed by atoms with E-state index in [0.29, 0.717) is 13.2 Å². The first-order valence-electron chi connectivity index (χ1n) is 9.22. The van der Waals surface area contributed by atoms with Crippen LogP contribution in [0.5, 0.6) is 0 Å². The average molecular weight is 377 g/mol. The lowest BCUT2D eigenvalue weighted by molar-refractivity contribution is 0.0986. The van der Waals surface area contributed by atoms with Crippen molar-refractivity contribution in [1.82, 2.24) is 20.2 Å². The van der Waals surface area contributed by atoms with Gasteiger partial charge in [0.05, 0.1) is 30.7 Å². The van der Waals surface area contributed by atoms with Crippen LogP contribution in [0.2, 0.25) is 0 Å². The van der Waals surface area contributed by atoms with Crippen molar-refractivity contribution in [3.63, 3.8) is 0 Å². The van der Waals surface area contributed by atoms with Crippen LogP contribution in [-0.4, -0.2) is 58.7 Å². The highest BCUT2D eigenvalue weighted by Gasteiger charge is 2.23. The summed E-state index contributed by atoms with van der Waals surface area (Å²) in [5, 5.41) is 8.01. The van der Waals surface area contributed by atoms with Crippen LogP contribution in [0.1, 0.15) is 12.5 Å². The SMILES string of the molecule is CN=C(C=CN)c1cc(N2CCOCC2C)nc2c(-c3ccn[nH]3)nccc12. The number of morpholine rings is 1. The van der Waals surface area contributed by atoms with Crippen LogP contribution >= 0.6 is 0 Å². The Bertz CT molecular complexity index is 1030. The third kappa shape index (κ3) is 3.22. The fourth-order valence-electron chi connectivity index (χ4n) is 3.53. The number of nitrogens with one attached hydrogen (secondary N) is 1. The maximum atomic E-state index is 5.67. The van der Waals surface area contributed by atoms with Gasteiger partial charge in [-0.05, 0) is 37.4 Å². The Morgan fingerprint density at radius 1 is 1.39 bits per heavy atom. The van der Waals surface area contributed by atoms with E-state index >= 15 is 0 Å². The topological polar surface area (TPSA) is 105 Å². The molecule has 144 valence electrons. The number of pyridine rings is 2. The third-order valence-corrected chi connectivity index (χ3v) is 4.90. The minimum Gasteiger partial charge on any atom is -0.405 e. The maximum absolute atomic E-state index is 5.67.